The molecule has 2 aromatic carbocycles. The Hall–Kier alpha value is -1.86. The van der Waals surface area contributed by atoms with Crippen molar-refractivity contribution in [2.24, 2.45) is 0 Å². The average molecular weight is 354 g/mol. The fourth-order valence-corrected chi connectivity index (χ4v) is 3.72. The molecule has 2 nitrogen and oxygen atoms in total. The minimum absolute atomic E-state index is 0.00806. The molecular weight excluding hydrogens is 345 g/mol. The third-order valence-corrected chi connectivity index (χ3v) is 4.51. The van der Waals surface area contributed by atoms with E-state index in [0.29, 0.717) is 12.7 Å². The third-order valence-electron chi connectivity index (χ3n) is 3.32. The van der Waals surface area contributed by atoms with Gasteiger partial charge in [0, 0.05) is 33.2 Å². The van der Waals surface area contributed by atoms with Crippen LogP contribution in [0.25, 0.3) is 11.1 Å². The van der Waals surface area contributed by atoms with E-state index in [2.05, 4.69) is 0 Å². The van der Waals surface area contributed by atoms with Crippen molar-refractivity contribution in [2.75, 3.05) is 6.61 Å². The molecule has 0 aromatic heterocycles. The van der Waals surface area contributed by atoms with Crippen molar-refractivity contribution in [2.45, 2.75) is 11.8 Å². The molecule has 3 rings (SSSR count). The van der Waals surface area contributed by atoms with E-state index in [0.717, 1.165) is 30.0 Å². The molecule has 118 valence electrons. The minimum Gasteiger partial charge on any atom is -0.479 e. The summed E-state index contributed by atoms with van der Waals surface area (Å²) in [6.45, 7) is 2.07. The lowest BCUT2D eigenvalue weighted by Crippen LogP contribution is -1.99. The molecule has 0 radical (unpaired) electrons. The van der Waals surface area contributed by atoms with Gasteiger partial charge in [-0.25, -0.2) is 13.2 Å². The molecule has 23 heavy (non-hydrogen) atoms. The highest BCUT2D eigenvalue weighted by molar-refractivity contribution is 8.22. The number of rotatable bonds is 2. The van der Waals surface area contributed by atoms with Gasteiger partial charge in [-0.1, -0.05) is 0 Å². The fourth-order valence-electron chi connectivity index (χ4n) is 2.49. The largest absolute Gasteiger partial charge is 0.479 e. The quantitative estimate of drug-likeness (QED) is 0.491. The number of hydrogen-bond acceptors (Lipinski definition) is 4. The van der Waals surface area contributed by atoms with E-state index in [9.17, 15) is 18.0 Å². The van der Waals surface area contributed by atoms with E-state index in [1.54, 1.807) is 6.92 Å². The highest BCUT2D eigenvalue weighted by Crippen LogP contribution is 2.45. The Balaban J connectivity index is 2.22. The van der Waals surface area contributed by atoms with E-state index >= 15 is 0 Å². The topological polar surface area (TPSA) is 26.3 Å². The first-order valence-electron chi connectivity index (χ1n) is 6.64. The predicted molar refractivity (Wildman–Crippen MR) is 85.3 cm³/mol. The second-order valence-corrected chi connectivity index (χ2v) is 6.39. The summed E-state index contributed by atoms with van der Waals surface area (Å²) in [5, 5.41) is 0. The van der Waals surface area contributed by atoms with Gasteiger partial charge in [-0.2, -0.15) is 0 Å². The molecule has 1 aliphatic carbocycles. The normalized spacial score (nSPS) is 12.1. The zero-order valence-corrected chi connectivity index (χ0v) is 13.4. The maximum Gasteiger partial charge on any atom is 0.224 e. The van der Waals surface area contributed by atoms with Crippen LogP contribution in [-0.2, 0) is 4.74 Å². The van der Waals surface area contributed by atoms with Crippen LogP contribution in [0.3, 0.4) is 0 Å². The molecule has 0 bridgehead atoms. The first kappa shape index (κ1) is 16.0. The fraction of sp³-hybridized carbons (Fsp3) is 0.125. The molecule has 0 heterocycles. The van der Waals surface area contributed by atoms with Crippen LogP contribution < -0.4 is 0 Å². The van der Waals surface area contributed by atoms with Crippen LogP contribution in [0.5, 0.6) is 0 Å². The second-order valence-electron chi connectivity index (χ2n) is 4.75. The summed E-state index contributed by atoms with van der Waals surface area (Å²) in [7, 11) is 0. The smallest absolute Gasteiger partial charge is 0.224 e. The number of fused-ring (bicyclic) bond motifs is 3. The van der Waals surface area contributed by atoms with Crippen molar-refractivity contribution >= 4 is 34.1 Å². The van der Waals surface area contributed by atoms with Gasteiger partial charge in [-0.15, -0.1) is 0 Å². The number of carbonyl (C=O) groups is 1. The van der Waals surface area contributed by atoms with Gasteiger partial charge < -0.3 is 4.74 Å². The zero-order chi connectivity index (χ0) is 16.7. The molecule has 0 N–H and O–H groups in total. The Labute approximate surface area is 139 Å². The van der Waals surface area contributed by atoms with Gasteiger partial charge in [-0.05, 0) is 49.1 Å². The van der Waals surface area contributed by atoms with Crippen molar-refractivity contribution in [3.05, 3.63) is 52.8 Å². The summed E-state index contributed by atoms with van der Waals surface area (Å²) in [6.07, 6.45) is 0. The molecule has 0 saturated carbocycles. The summed E-state index contributed by atoms with van der Waals surface area (Å²) < 4.78 is 46.7. The molecule has 2 aromatic rings. The number of carbonyl (C=O) groups excluding carboxylic acids is 1. The maximum absolute atomic E-state index is 14.2. The molecular formula is C16H9F3O2S2. The standard InChI is InChI=1S/C16H9F3O2S2/c1-2-21-16(22)23-12-6-8(18)4-10-14(12)13-9(15(10)20)3-7(17)5-11(13)19/h3-6H,2H2,1H3. The molecule has 0 amide bonds. The minimum atomic E-state index is -0.872. The van der Waals surface area contributed by atoms with Gasteiger partial charge in [0.2, 0.25) is 4.38 Å². The van der Waals surface area contributed by atoms with Gasteiger partial charge in [0.05, 0.1) is 6.61 Å². The van der Waals surface area contributed by atoms with E-state index in [1.165, 1.54) is 0 Å². The number of thiocarbonyl (C=S) groups is 1. The summed E-state index contributed by atoms with van der Waals surface area (Å²) in [6, 6.07) is 3.82. The first-order valence-corrected chi connectivity index (χ1v) is 7.87. The maximum atomic E-state index is 14.2. The van der Waals surface area contributed by atoms with Crippen molar-refractivity contribution in [3.8, 4) is 11.1 Å². The van der Waals surface area contributed by atoms with Crippen LogP contribution in [0.1, 0.15) is 22.8 Å². The number of ketones is 1. The van der Waals surface area contributed by atoms with Gasteiger partial charge in [0.25, 0.3) is 0 Å². The average Bonchev–Trinajstić information content (AvgIpc) is 2.73. The van der Waals surface area contributed by atoms with Crippen molar-refractivity contribution in [1.29, 1.82) is 0 Å². The second kappa shape index (κ2) is 5.98. The zero-order valence-electron chi connectivity index (χ0n) is 11.8. The van der Waals surface area contributed by atoms with Gasteiger partial charge in [-0.3, -0.25) is 4.79 Å². The van der Waals surface area contributed by atoms with E-state index in [-0.39, 0.29) is 31.5 Å². The Morgan fingerprint density at radius 1 is 1.09 bits per heavy atom. The number of halogens is 3. The highest BCUT2D eigenvalue weighted by Gasteiger charge is 2.33. The summed E-state index contributed by atoms with van der Waals surface area (Å²) in [5.74, 6) is -3.01. The molecule has 0 aliphatic heterocycles. The number of ether oxygens (including phenoxy) is 1. The lowest BCUT2D eigenvalue weighted by molar-refractivity contribution is 0.104. The van der Waals surface area contributed by atoms with E-state index in [4.69, 9.17) is 17.0 Å². The predicted octanol–water partition coefficient (Wildman–Crippen LogP) is 4.73. The van der Waals surface area contributed by atoms with Gasteiger partial charge in [0.15, 0.2) is 5.78 Å². The Bertz CT molecular complexity index is 850. The Kier molecular flexibility index (Phi) is 4.16. The molecule has 0 unspecified atom stereocenters. The number of hydrogen-bond donors (Lipinski definition) is 0. The first-order chi connectivity index (χ1) is 10.9. The lowest BCUT2D eigenvalue weighted by atomic mass is 10.0. The monoisotopic (exact) mass is 354 g/mol. The van der Waals surface area contributed by atoms with Crippen LogP contribution in [0.2, 0.25) is 0 Å². The van der Waals surface area contributed by atoms with Crippen LogP contribution in [0, 0.1) is 17.5 Å². The molecule has 0 saturated heterocycles. The molecule has 0 atom stereocenters. The van der Waals surface area contributed by atoms with Crippen molar-refractivity contribution < 1.29 is 22.7 Å². The van der Waals surface area contributed by atoms with Crippen LogP contribution in [0.4, 0.5) is 13.2 Å². The Morgan fingerprint density at radius 3 is 2.35 bits per heavy atom. The van der Waals surface area contributed by atoms with Crippen molar-refractivity contribution in [1.82, 2.24) is 0 Å². The van der Waals surface area contributed by atoms with E-state index < -0.39 is 23.2 Å². The van der Waals surface area contributed by atoms with Crippen LogP contribution in [-0.4, -0.2) is 16.8 Å². The molecule has 1 aliphatic rings. The third kappa shape index (κ3) is 2.74. The van der Waals surface area contributed by atoms with Crippen molar-refractivity contribution in [3.63, 3.8) is 0 Å². The SMILES string of the molecule is CCOC(=S)Sc1cc(F)cc2c1-c1c(F)cc(F)cc1C2=O. The highest BCUT2D eigenvalue weighted by atomic mass is 32.2. The summed E-state index contributed by atoms with van der Waals surface area (Å²) in [5.41, 5.74) is 0.0581. The number of benzene rings is 2. The van der Waals surface area contributed by atoms with Gasteiger partial charge in [0.1, 0.15) is 17.5 Å². The molecule has 0 spiro atoms. The summed E-state index contributed by atoms with van der Waals surface area (Å²) >= 11 is 5.93. The van der Waals surface area contributed by atoms with E-state index in [1.807, 2.05) is 0 Å². The lowest BCUT2D eigenvalue weighted by Gasteiger charge is -2.10. The Morgan fingerprint density at radius 2 is 1.70 bits per heavy atom. The van der Waals surface area contributed by atoms with Gasteiger partial charge >= 0.3 is 0 Å². The molecule has 7 heteroatoms. The van der Waals surface area contributed by atoms with Crippen LogP contribution in [0.15, 0.2) is 29.2 Å². The number of thioether (sulfide) groups is 1. The summed E-state index contributed by atoms with van der Waals surface area (Å²) in [4.78, 5) is 12.6. The van der Waals surface area contributed by atoms with Crippen LogP contribution >= 0.6 is 24.0 Å². The molecule has 0 fully saturated rings.